The van der Waals surface area contributed by atoms with Gasteiger partial charge in [-0.15, -0.1) is 0 Å². The van der Waals surface area contributed by atoms with Crippen molar-refractivity contribution in [3.8, 4) is 33.7 Å². The van der Waals surface area contributed by atoms with Crippen molar-refractivity contribution in [1.29, 1.82) is 0 Å². The molecule has 1 fully saturated rings. The van der Waals surface area contributed by atoms with Crippen LogP contribution in [0.1, 0.15) is 30.7 Å². The molecule has 0 radical (unpaired) electrons. The third-order valence-electron chi connectivity index (χ3n) is 6.52. The van der Waals surface area contributed by atoms with E-state index in [1.54, 1.807) is 6.20 Å². The second-order valence-corrected chi connectivity index (χ2v) is 8.43. The fourth-order valence-corrected chi connectivity index (χ4v) is 4.50. The van der Waals surface area contributed by atoms with Crippen LogP contribution in [0, 0.1) is 0 Å². The van der Waals surface area contributed by atoms with E-state index in [-0.39, 0.29) is 5.43 Å². The number of nitrogens with one attached hydrogen (secondary N) is 1. The smallest absolute Gasteiger partial charge is 0.201 e. The van der Waals surface area contributed by atoms with Gasteiger partial charge in [0.1, 0.15) is 11.3 Å². The van der Waals surface area contributed by atoms with Gasteiger partial charge in [-0.1, -0.05) is 67.1 Å². The lowest BCUT2D eigenvalue weighted by Crippen LogP contribution is -2.09. The summed E-state index contributed by atoms with van der Waals surface area (Å²) in [6, 6.07) is 25.9. The molecule has 2 heterocycles. The van der Waals surface area contributed by atoms with Gasteiger partial charge in [0.2, 0.25) is 5.43 Å². The Morgan fingerprint density at radius 2 is 1.62 bits per heavy atom. The molecular formula is C28H22N2O2. The molecule has 0 aliphatic heterocycles. The first kappa shape index (κ1) is 18.8. The second kappa shape index (κ2) is 7.65. The maximum atomic E-state index is 13.7. The highest BCUT2D eigenvalue weighted by atomic mass is 16.3. The summed E-state index contributed by atoms with van der Waals surface area (Å²) in [4.78, 5) is 13.7. The number of hydrogen-bond donors (Lipinski definition) is 1. The quantitative estimate of drug-likeness (QED) is 0.350. The molecule has 6 rings (SSSR count). The topological polar surface area (TPSA) is 58.9 Å². The van der Waals surface area contributed by atoms with Crippen LogP contribution in [0.15, 0.2) is 94.3 Å². The first-order valence-corrected chi connectivity index (χ1v) is 11.0. The van der Waals surface area contributed by atoms with Crippen LogP contribution < -0.4 is 5.43 Å². The predicted molar refractivity (Wildman–Crippen MR) is 128 cm³/mol. The summed E-state index contributed by atoms with van der Waals surface area (Å²) in [5, 5.41) is 7.57. The van der Waals surface area contributed by atoms with Crippen molar-refractivity contribution in [2.24, 2.45) is 0 Å². The highest BCUT2D eigenvalue weighted by molar-refractivity contribution is 5.91. The molecule has 32 heavy (non-hydrogen) atoms. The van der Waals surface area contributed by atoms with Crippen LogP contribution in [0.2, 0.25) is 0 Å². The standard InChI is InChI=1S/C28H22N2O2/c31-27-23-14-13-22(24-15-16-29-30-24)17-25(23)32-28(21-5-2-1-3-6-21)26(27)20-11-9-19(10-12-20)18-7-4-8-18/h1-3,5-6,9-18H,4,7-8H2,(H,29,30). The number of aromatic amines is 1. The minimum atomic E-state index is -0.0161. The van der Waals surface area contributed by atoms with Crippen LogP contribution in [0.5, 0.6) is 0 Å². The van der Waals surface area contributed by atoms with Crippen molar-refractivity contribution in [3.05, 3.63) is 101 Å². The molecule has 156 valence electrons. The molecule has 4 heteroatoms. The Hall–Kier alpha value is -3.92. The van der Waals surface area contributed by atoms with E-state index in [4.69, 9.17) is 4.42 Å². The Kier molecular flexibility index (Phi) is 4.50. The van der Waals surface area contributed by atoms with E-state index >= 15 is 0 Å². The summed E-state index contributed by atoms with van der Waals surface area (Å²) in [6.07, 6.45) is 5.53. The van der Waals surface area contributed by atoms with E-state index in [1.165, 1.54) is 24.8 Å². The van der Waals surface area contributed by atoms with Crippen molar-refractivity contribution >= 4 is 11.0 Å². The van der Waals surface area contributed by atoms with Crippen LogP contribution >= 0.6 is 0 Å². The monoisotopic (exact) mass is 418 g/mol. The summed E-state index contributed by atoms with van der Waals surface area (Å²) in [6.45, 7) is 0. The van der Waals surface area contributed by atoms with Gasteiger partial charge < -0.3 is 4.42 Å². The lowest BCUT2D eigenvalue weighted by molar-refractivity contribution is 0.420. The molecule has 0 saturated heterocycles. The van der Waals surface area contributed by atoms with Crippen LogP contribution in [-0.2, 0) is 0 Å². The van der Waals surface area contributed by atoms with E-state index in [0.717, 1.165) is 22.4 Å². The molecule has 1 N–H and O–H groups in total. The normalized spacial score (nSPS) is 13.9. The zero-order valence-corrected chi connectivity index (χ0v) is 17.5. The molecule has 1 aliphatic rings. The average molecular weight is 418 g/mol. The van der Waals surface area contributed by atoms with E-state index in [9.17, 15) is 4.79 Å². The molecule has 0 bridgehead atoms. The molecule has 1 saturated carbocycles. The van der Waals surface area contributed by atoms with Crippen molar-refractivity contribution in [2.75, 3.05) is 0 Å². The van der Waals surface area contributed by atoms with E-state index < -0.39 is 0 Å². The van der Waals surface area contributed by atoms with Gasteiger partial charge >= 0.3 is 0 Å². The summed E-state index contributed by atoms with van der Waals surface area (Å²) < 4.78 is 6.43. The fourth-order valence-electron chi connectivity index (χ4n) is 4.50. The van der Waals surface area contributed by atoms with Gasteiger partial charge in [-0.2, -0.15) is 5.10 Å². The van der Waals surface area contributed by atoms with Gasteiger partial charge in [-0.25, -0.2) is 0 Å². The largest absolute Gasteiger partial charge is 0.455 e. The molecule has 3 aromatic carbocycles. The van der Waals surface area contributed by atoms with E-state index in [1.807, 2.05) is 54.6 Å². The number of benzene rings is 3. The molecule has 2 aromatic heterocycles. The van der Waals surface area contributed by atoms with Crippen molar-refractivity contribution in [3.63, 3.8) is 0 Å². The zero-order valence-electron chi connectivity index (χ0n) is 17.5. The molecule has 0 unspecified atom stereocenters. The molecule has 4 nitrogen and oxygen atoms in total. The number of aromatic nitrogens is 2. The van der Waals surface area contributed by atoms with Crippen molar-refractivity contribution < 1.29 is 4.42 Å². The van der Waals surface area contributed by atoms with Gasteiger partial charge in [0.15, 0.2) is 0 Å². The summed E-state index contributed by atoms with van der Waals surface area (Å²) in [7, 11) is 0. The first-order chi connectivity index (χ1) is 15.8. The molecule has 0 spiro atoms. The summed E-state index contributed by atoms with van der Waals surface area (Å²) >= 11 is 0. The minimum Gasteiger partial charge on any atom is -0.455 e. The lowest BCUT2D eigenvalue weighted by atomic mass is 9.80. The maximum absolute atomic E-state index is 13.7. The maximum Gasteiger partial charge on any atom is 0.201 e. The lowest BCUT2D eigenvalue weighted by Gasteiger charge is -2.25. The highest BCUT2D eigenvalue weighted by Gasteiger charge is 2.21. The Labute approximate surface area is 185 Å². The average Bonchev–Trinajstić information content (AvgIpc) is 3.34. The predicted octanol–water partition coefficient (Wildman–Crippen LogP) is 6.78. The Morgan fingerprint density at radius 1 is 0.844 bits per heavy atom. The summed E-state index contributed by atoms with van der Waals surface area (Å²) in [5.74, 6) is 1.26. The van der Waals surface area contributed by atoms with Gasteiger partial charge in [0.25, 0.3) is 0 Å². The van der Waals surface area contributed by atoms with E-state index in [0.29, 0.717) is 28.2 Å². The van der Waals surface area contributed by atoms with Crippen molar-refractivity contribution in [2.45, 2.75) is 25.2 Å². The van der Waals surface area contributed by atoms with Crippen LogP contribution in [0.25, 0.3) is 44.7 Å². The van der Waals surface area contributed by atoms with Crippen molar-refractivity contribution in [1.82, 2.24) is 10.2 Å². The molecular weight excluding hydrogens is 396 g/mol. The van der Waals surface area contributed by atoms with Gasteiger partial charge in [0, 0.05) is 17.3 Å². The van der Waals surface area contributed by atoms with Crippen LogP contribution in [-0.4, -0.2) is 10.2 Å². The molecule has 0 amide bonds. The second-order valence-electron chi connectivity index (χ2n) is 8.43. The Balaban J connectivity index is 1.57. The number of nitrogens with zero attached hydrogens (tertiary/aromatic N) is 1. The zero-order chi connectivity index (χ0) is 21.5. The van der Waals surface area contributed by atoms with Crippen LogP contribution in [0.4, 0.5) is 0 Å². The van der Waals surface area contributed by atoms with E-state index in [2.05, 4.69) is 34.5 Å². The minimum absolute atomic E-state index is 0.0161. The molecule has 0 atom stereocenters. The molecule has 1 aliphatic carbocycles. The third kappa shape index (κ3) is 3.16. The van der Waals surface area contributed by atoms with Crippen LogP contribution in [0.3, 0.4) is 0 Å². The van der Waals surface area contributed by atoms with Gasteiger partial charge in [-0.3, -0.25) is 9.89 Å². The SMILES string of the molecule is O=c1c(-c2ccc(C3CCC3)cc2)c(-c2ccccc2)oc2cc(-c3ccn[nH]3)ccc12. The number of H-pyrrole nitrogens is 1. The Morgan fingerprint density at radius 3 is 2.31 bits per heavy atom. The number of hydrogen-bond acceptors (Lipinski definition) is 3. The van der Waals surface area contributed by atoms with Gasteiger partial charge in [0.05, 0.1) is 16.6 Å². The third-order valence-corrected chi connectivity index (χ3v) is 6.52. The van der Waals surface area contributed by atoms with Gasteiger partial charge in [-0.05, 0) is 48.1 Å². The Bertz CT molecular complexity index is 1450. The number of fused-ring (bicyclic) bond motifs is 1. The summed E-state index contributed by atoms with van der Waals surface area (Å²) in [5.41, 5.74) is 6.10. The first-order valence-electron chi connectivity index (χ1n) is 11.0. The number of rotatable bonds is 4. The fraction of sp³-hybridized carbons (Fsp3) is 0.143. The highest BCUT2D eigenvalue weighted by Crippen LogP contribution is 2.38. The molecule has 5 aromatic rings.